The van der Waals surface area contributed by atoms with E-state index < -0.39 is 0 Å². The van der Waals surface area contributed by atoms with Crippen molar-refractivity contribution in [3.8, 4) is 5.69 Å². The van der Waals surface area contributed by atoms with Gasteiger partial charge < -0.3 is 4.57 Å². The first-order valence-corrected chi connectivity index (χ1v) is 4.71. The molecular weight excluding hydrogens is 174 g/mol. The number of pyridine rings is 1. The normalized spacial score (nSPS) is 10.8. The molecule has 14 heavy (non-hydrogen) atoms. The average Bonchev–Trinajstić information content (AvgIpc) is 2.68. The van der Waals surface area contributed by atoms with Crippen molar-refractivity contribution in [2.24, 2.45) is 0 Å². The molecular formula is C11H13N3. The van der Waals surface area contributed by atoms with Crippen molar-refractivity contribution < 1.29 is 0 Å². The average molecular weight is 187 g/mol. The highest BCUT2D eigenvalue weighted by Gasteiger charge is 2.03. The molecule has 72 valence electrons. The summed E-state index contributed by atoms with van der Waals surface area (Å²) in [6, 6.07) is 3.93. The van der Waals surface area contributed by atoms with Crippen molar-refractivity contribution in [2.45, 2.75) is 19.8 Å². The molecule has 0 radical (unpaired) electrons. The van der Waals surface area contributed by atoms with Crippen molar-refractivity contribution in [2.75, 3.05) is 0 Å². The van der Waals surface area contributed by atoms with Crippen LogP contribution >= 0.6 is 0 Å². The second-order valence-corrected chi connectivity index (χ2v) is 3.57. The van der Waals surface area contributed by atoms with Gasteiger partial charge in [0, 0.05) is 12.4 Å². The van der Waals surface area contributed by atoms with Gasteiger partial charge in [-0.3, -0.25) is 4.98 Å². The van der Waals surface area contributed by atoms with Crippen molar-refractivity contribution in [3.63, 3.8) is 0 Å². The molecule has 0 aliphatic heterocycles. The number of rotatable bonds is 2. The summed E-state index contributed by atoms with van der Waals surface area (Å²) in [6.07, 6.45) is 7.46. The molecule has 0 N–H and O–H groups in total. The summed E-state index contributed by atoms with van der Waals surface area (Å²) < 4.78 is 1.99. The fourth-order valence-electron chi connectivity index (χ4n) is 1.28. The minimum atomic E-state index is 0.466. The van der Waals surface area contributed by atoms with E-state index in [4.69, 9.17) is 0 Å². The first-order chi connectivity index (χ1) is 6.77. The summed E-state index contributed by atoms with van der Waals surface area (Å²) in [5, 5.41) is 0. The van der Waals surface area contributed by atoms with Crippen LogP contribution in [0.3, 0.4) is 0 Å². The van der Waals surface area contributed by atoms with Crippen molar-refractivity contribution in [1.82, 2.24) is 14.5 Å². The quantitative estimate of drug-likeness (QED) is 0.722. The van der Waals surface area contributed by atoms with E-state index in [-0.39, 0.29) is 0 Å². The van der Waals surface area contributed by atoms with Gasteiger partial charge in [0.05, 0.1) is 23.9 Å². The topological polar surface area (TPSA) is 30.7 Å². The Morgan fingerprint density at radius 1 is 1.36 bits per heavy atom. The molecule has 2 rings (SSSR count). The molecule has 2 aromatic rings. The molecule has 0 unspecified atom stereocenters. The fraction of sp³-hybridized carbons (Fsp3) is 0.273. The third-order valence-corrected chi connectivity index (χ3v) is 2.14. The SMILES string of the molecule is CC(C)c1cn(-c2cccnc2)cn1. The second-order valence-electron chi connectivity index (χ2n) is 3.57. The molecule has 0 amide bonds. The second kappa shape index (κ2) is 3.62. The van der Waals surface area contributed by atoms with Gasteiger partial charge in [-0.25, -0.2) is 4.98 Å². The van der Waals surface area contributed by atoms with E-state index in [1.807, 2.05) is 35.4 Å². The molecule has 0 aliphatic rings. The molecule has 0 spiro atoms. The lowest BCUT2D eigenvalue weighted by atomic mass is 10.2. The van der Waals surface area contributed by atoms with E-state index in [1.165, 1.54) is 0 Å². The Kier molecular flexibility index (Phi) is 2.31. The molecule has 0 saturated carbocycles. The van der Waals surface area contributed by atoms with Gasteiger partial charge >= 0.3 is 0 Å². The van der Waals surface area contributed by atoms with Crippen molar-refractivity contribution in [1.29, 1.82) is 0 Å². The van der Waals surface area contributed by atoms with Crippen LogP contribution in [0.4, 0.5) is 0 Å². The van der Waals surface area contributed by atoms with E-state index >= 15 is 0 Å². The van der Waals surface area contributed by atoms with E-state index in [0.717, 1.165) is 11.4 Å². The lowest BCUT2D eigenvalue weighted by Gasteiger charge is -2.00. The summed E-state index contributed by atoms with van der Waals surface area (Å²) in [5.74, 6) is 0.466. The van der Waals surface area contributed by atoms with Crippen LogP contribution in [-0.4, -0.2) is 14.5 Å². The van der Waals surface area contributed by atoms with Crippen molar-refractivity contribution in [3.05, 3.63) is 42.7 Å². The zero-order valence-corrected chi connectivity index (χ0v) is 8.38. The van der Waals surface area contributed by atoms with Gasteiger partial charge in [0.2, 0.25) is 0 Å². The molecule has 0 saturated heterocycles. The molecule has 2 heterocycles. The summed E-state index contributed by atoms with van der Waals surface area (Å²) in [5.41, 5.74) is 2.15. The molecule has 2 aromatic heterocycles. The number of hydrogen-bond donors (Lipinski definition) is 0. The molecule has 0 aromatic carbocycles. The van der Waals surface area contributed by atoms with E-state index in [2.05, 4.69) is 23.8 Å². The smallest absolute Gasteiger partial charge is 0.0995 e. The summed E-state index contributed by atoms with van der Waals surface area (Å²) in [6.45, 7) is 4.27. The van der Waals surface area contributed by atoms with E-state index in [9.17, 15) is 0 Å². The van der Waals surface area contributed by atoms with Crippen LogP contribution in [0.25, 0.3) is 5.69 Å². The molecule has 0 bridgehead atoms. The largest absolute Gasteiger partial charge is 0.304 e. The van der Waals surface area contributed by atoms with Crippen LogP contribution in [0, 0.1) is 0 Å². The first kappa shape index (κ1) is 8.94. The number of hydrogen-bond acceptors (Lipinski definition) is 2. The maximum atomic E-state index is 4.33. The predicted molar refractivity (Wildman–Crippen MR) is 55.4 cm³/mol. The Morgan fingerprint density at radius 2 is 2.21 bits per heavy atom. The van der Waals surface area contributed by atoms with Gasteiger partial charge in [0.1, 0.15) is 0 Å². The van der Waals surface area contributed by atoms with E-state index in [0.29, 0.717) is 5.92 Å². The van der Waals surface area contributed by atoms with Crippen LogP contribution in [-0.2, 0) is 0 Å². The van der Waals surface area contributed by atoms with Crippen LogP contribution < -0.4 is 0 Å². The van der Waals surface area contributed by atoms with Crippen LogP contribution in [0.5, 0.6) is 0 Å². The zero-order valence-electron chi connectivity index (χ0n) is 8.38. The lowest BCUT2D eigenvalue weighted by molar-refractivity contribution is 0.831. The molecule has 0 fully saturated rings. The summed E-state index contributed by atoms with van der Waals surface area (Å²) >= 11 is 0. The van der Waals surface area contributed by atoms with Gasteiger partial charge in [0.25, 0.3) is 0 Å². The monoisotopic (exact) mass is 187 g/mol. The standard InChI is InChI=1S/C11H13N3/c1-9(2)11-7-14(8-13-11)10-4-3-5-12-6-10/h3-9H,1-2H3. The maximum Gasteiger partial charge on any atom is 0.0995 e. The summed E-state index contributed by atoms with van der Waals surface area (Å²) in [4.78, 5) is 8.39. The maximum absolute atomic E-state index is 4.33. The van der Waals surface area contributed by atoms with Crippen molar-refractivity contribution >= 4 is 0 Å². The third kappa shape index (κ3) is 1.66. The van der Waals surface area contributed by atoms with Crippen LogP contribution in [0.1, 0.15) is 25.5 Å². The Balaban J connectivity index is 2.34. The lowest BCUT2D eigenvalue weighted by Crippen LogP contribution is -1.90. The number of imidazole rings is 1. The Morgan fingerprint density at radius 3 is 2.79 bits per heavy atom. The van der Waals surface area contributed by atoms with Gasteiger partial charge in [-0.2, -0.15) is 0 Å². The Bertz CT molecular complexity index is 403. The van der Waals surface area contributed by atoms with Gasteiger partial charge in [-0.15, -0.1) is 0 Å². The highest BCUT2D eigenvalue weighted by atomic mass is 15.0. The molecule has 0 atom stereocenters. The Labute approximate surface area is 83.4 Å². The minimum Gasteiger partial charge on any atom is -0.304 e. The van der Waals surface area contributed by atoms with Gasteiger partial charge in [0.15, 0.2) is 0 Å². The predicted octanol–water partition coefficient (Wildman–Crippen LogP) is 2.39. The van der Waals surface area contributed by atoms with Crippen LogP contribution in [0.2, 0.25) is 0 Å². The highest BCUT2D eigenvalue weighted by molar-refractivity contribution is 5.28. The first-order valence-electron chi connectivity index (χ1n) is 4.71. The fourth-order valence-corrected chi connectivity index (χ4v) is 1.28. The third-order valence-electron chi connectivity index (χ3n) is 2.14. The molecule has 3 nitrogen and oxygen atoms in total. The number of aromatic nitrogens is 3. The van der Waals surface area contributed by atoms with Gasteiger partial charge in [-0.1, -0.05) is 13.8 Å². The molecule has 3 heteroatoms. The molecule has 0 aliphatic carbocycles. The zero-order chi connectivity index (χ0) is 9.97. The highest BCUT2D eigenvalue weighted by Crippen LogP contribution is 2.13. The van der Waals surface area contributed by atoms with Gasteiger partial charge in [-0.05, 0) is 18.1 Å². The summed E-state index contributed by atoms with van der Waals surface area (Å²) in [7, 11) is 0. The van der Waals surface area contributed by atoms with E-state index in [1.54, 1.807) is 6.20 Å². The van der Waals surface area contributed by atoms with Crippen LogP contribution in [0.15, 0.2) is 37.1 Å². The number of nitrogens with zero attached hydrogens (tertiary/aromatic N) is 3. The Hall–Kier alpha value is -1.64. The minimum absolute atomic E-state index is 0.466.